The standard InChI is InChI=1S/C12H19N3O/c1-4-9(3)11(13)12(16)15-10-5-8(2)6-14-7-10/h5-7,9,11H,4,13H2,1-3H3,(H,15,16). The molecule has 0 aromatic carbocycles. The molecule has 0 bridgehead atoms. The van der Waals surface area contributed by atoms with E-state index in [1.165, 1.54) is 0 Å². The third-order valence-electron chi connectivity index (χ3n) is 2.70. The van der Waals surface area contributed by atoms with Crippen LogP contribution in [-0.4, -0.2) is 16.9 Å². The number of nitrogens with two attached hydrogens (primary N) is 1. The lowest BCUT2D eigenvalue weighted by molar-refractivity contribution is -0.118. The largest absolute Gasteiger partial charge is 0.323 e. The number of carbonyl (C=O) groups excluding carboxylic acids is 1. The Morgan fingerprint density at radius 3 is 2.81 bits per heavy atom. The van der Waals surface area contributed by atoms with Crippen molar-refractivity contribution >= 4 is 11.6 Å². The molecule has 0 radical (unpaired) electrons. The number of pyridine rings is 1. The molecule has 16 heavy (non-hydrogen) atoms. The summed E-state index contributed by atoms with van der Waals surface area (Å²) in [4.78, 5) is 15.8. The average Bonchev–Trinajstić information content (AvgIpc) is 2.27. The number of rotatable bonds is 4. The van der Waals surface area contributed by atoms with Gasteiger partial charge < -0.3 is 11.1 Å². The third kappa shape index (κ3) is 3.31. The Morgan fingerprint density at radius 1 is 1.56 bits per heavy atom. The zero-order chi connectivity index (χ0) is 12.1. The van der Waals surface area contributed by atoms with Gasteiger partial charge in [0.1, 0.15) is 0 Å². The molecule has 0 aliphatic rings. The first-order valence-electron chi connectivity index (χ1n) is 5.52. The maximum atomic E-state index is 11.8. The molecule has 1 amide bonds. The number of amides is 1. The van der Waals surface area contributed by atoms with Crippen molar-refractivity contribution in [2.24, 2.45) is 11.7 Å². The number of nitrogens with one attached hydrogen (secondary N) is 1. The van der Waals surface area contributed by atoms with Gasteiger partial charge in [0.25, 0.3) is 0 Å². The first kappa shape index (κ1) is 12.6. The highest BCUT2D eigenvalue weighted by molar-refractivity contribution is 5.94. The van der Waals surface area contributed by atoms with Gasteiger partial charge in [-0.2, -0.15) is 0 Å². The van der Waals surface area contributed by atoms with E-state index >= 15 is 0 Å². The number of aryl methyl sites for hydroxylation is 1. The van der Waals surface area contributed by atoms with Crippen molar-refractivity contribution in [2.45, 2.75) is 33.2 Å². The van der Waals surface area contributed by atoms with Crippen LogP contribution in [0.25, 0.3) is 0 Å². The maximum absolute atomic E-state index is 11.8. The van der Waals surface area contributed by atoms with Crippen LogP contribution in [0.3, 0.4) is 0 Å². The Kier molecular flexibility index (Phi) is 4.43. The Hall–Kier alpha value is -1.42. The molecule has 2 atom stereocenters. The molecule has 0 aliphatic carbocycles. The summed E-state index contributed by atoms with van der Waals surface area (Å²) >= 11 is 0. The number of hydrogen-bond donors (Lipinski definition) is 2. The molecule has 0 fully saturated rings. The van der Waals surface area contributed by atoms with Crippen molar-refractivity contribution < 1.29 is 4.79 Å². The fourth-order valence-electron chi connectivity index (χ4n) is 1.36. The van der Waals surface area contributed by atoms with Gasteiger partial charge in [-0.3, -0.25) is 9.78 Å². The predicted molar refractivity (Wildman–Crippen MR) is 65.0 cm³/mol. The Balaban J connectivity index is 2.64. The van der Waals surface area contributed by atoms with Gasteiger partial charge in [-0.15, -0.1) is 0 Å². The summed E-state index contributed by atoms with van der Waals surface area (Å²) in [6.45, 7) is 5.92. The maximum Gasteiger partial charge on any atom is 0.241 e. The molecular formula is C12H19N3O. The van der Waals surface area contributed by atoms with Crippen LogP contribution in [0.5, 0.6) is 0 Å². The molecule has 4 nitrogen and oxygen atoms in total. The minimum Gasteiger partial charge on any atom is -0.323 e. The highest BCUT2D eigenvalue weighted by atomic mass is 16.2. The Bertz CT molecular complexity index is 365. The number of carbonyl (C=O) groups is 1. The first-order valence-corrected chi connectivity index (χ1v) is 5.52. The number of anilines is 1. The molecule has 4 heteroatoms. The number of aromatic nitrogens is 1. The number of nitrogens with zero attached hydrogens (tertiary/aromatic N) is 1. The Labute approximate surface area is 96.3 Å². The smallest absolute Gasteiger partial charge is 0.241 e. The topological polar surface area (TPSA) is 68.0 Å². The van der Waals surface area contributed by atoms with E-state index in [-0.39, 0.29) is 11.8 Å². The van der Waals surface area contributed by atoms with Crippen molar-refractivity contribution in [3.05, 3.63) is 24.0 Å². The van der Waals surface area contributed by atoms with Crippen molar-refractivity contribution in [1.82, 2.24) is 4.98 Å². The van der Waals surface area contributed by atoms with Crippen LogP contribution in [0.4, 0.5) is 5.69 Å². The molecular weight excluding hydrogens is 202 g/mol. The van der Waals surface area contributed by atoms with Gasteiger partial charge in [-0.25, -0.2) is 0 Å². The van der Waals surface area contributed by atoms with Crippen molar-refractivity contribution in [3.63, 3.8) is 0 Å². The van der Waals surface area contributed by atoms with Gasteiger partial charge >= 0.3 is 0 Å². The molecule has 1 heterocycles. The first-order chi connectivity index (χ1) is 7.54. The fourth-order valence-corrected chi connectivity index (χ4v) is 1.36. The minimum absolute atomic E-state index is 0.151. The zero-order valence-electron chi connectivity index (χ0n) is 10.0. The highest BCUT2D eigenvalue weighted by Gasteiger charge is 2.19. The molecule has 1 rings (SSSR count). The monoisotopic (exact) mass is 221 g/mol. The summed E-state index contributed by atoms with van der Waals surface area (Å²) < 4.78 is 0. The summed E-state index contributed by atoms with van der Waals surface area (Å²) in [6.07, 6.45) is 4.25. The van der Waals surface area contributed by atoms with E-state index < -0.39 is 6.04 Å². The van der Waals surface area contributed by atoms with Gasteiger partial charge in [0, 0.05) is 6.20 Å². The molecule has 1 aromatic heterocycles. The van der Waals surface area contributed by atoms with Gasteiger partial charge in [0.2, 0.25) is 5.91 Å². The van der Waals surface area contributed by atoms with Crippen LogP contribution < -0.4 is 11.1 Å². The average molecular weight is 221 g/mol. The SMILES string of the molecule is CCC(C)C(N)C(=O)Nc1cncc(C)c1. The van der Waals surface area contributed by atoms with Crippen LogP contribution in [0.2, 0.25) is 0 Å². The summed E-state index contributed by atoms with van der Waals surface area (Å²) in [6, 6.07) is 1.40. The molecule has 88 valence electrons. The van der Waals surface area contributed by atoms with Crippen LogP contribution >= 0.6 is 0 Å². The quantitative estimate of drug-likeness (QED) is 0.813. The van der Waals surface area contributed by atoms with E-state index in [0.29, 0.717) is 5.69 Å². The molecule has 3 N–H and O–H groups in total. The lowest BCUT2D eigenvalue weighted by Crippen LogP contribution is -2.40. The van der Waals surface area contributed by atoms with Crippen molar-refractivity contribution in [3.8, 4) is 0 Å². The second-order valence-corrected chi connectivity index (χ2v) is 4.15. The lowest BCUT2D eigenvalue weighted by atomic mass is 9.99. The van der Waals surface area contributed by atoms with E-state index in [4.69, 9.17) is 5.73 Å². The van der Waals surface area contributed by atoms with Crippen LogP contribution in [0, 0.1) is 12.8 Å². The lowest BCUT2D eigenvalue weighted by Gasteiger charge is -2.17. The van der Waals surface area contributed by atoms with Gasteiger partial charge in [0.05, 0.1) is 17.9 Å². The molecule has 1 aromatic rings. The van der Waals surface area contributed by atoms with E-state index in [2.05, 4.69) is 10.3 Å². The minimum atomic E-state index is -0.467. The third-order valence-corrected chi connectivity index (χ3v) is 2.70. The summed E-state index contributed by atoms with van der Waals surface area (Å²) in [5.74, 6) is 0.0273. The second-order valence-electron chi connectivity index (χ2n) is 4.15. The van der Waals surface area contributed by atoms with E-state index in [9.17, 15) is 4.79 Å². The van der Waals surface area contributed by atoms with Gasteiger partial charge in [-0.1, -0.05) is 20.3 Å². The van der Waals surface area contributed by atoms with Gasteiger partial charge in [-0.05, 0) is 24.5 Å². The normalized spacial score (nSPS) is 14.2. The summed E-state index contributed by atoms with van der Waals surface area (Å²) in [5.41, 5.74) is 7.53. The molecule has 0 spiro atoms. The van der Waals surface area contributed by atoms with Crippen molar-refractivity contribution in [2.75, 3.05) is 5.32 Å². The fraction of sp³-hybridized carbons (Fsp3) is 0.500. The molecule has 0 saturated heterocycles. The van der Waals surface area contributed by atoms with E-state index in [1.54, 1.807) is 12.4 Å². The van der Waals surface area contributed by atoms with E-state index in [1.807, 2.05) is 26.8 Å². The molecule has 0 saturated carbocycles. The van der Waals surface area contributed by atoms with Crippen LogP contribution in [0.15, 0.2) is 18.5 Å². The molecule has 0 aliphatic heterocycles. The van der Waals surface area contributed by atoms with Crippen LogP contribution in [0.1, 0.15) is 25.8 Å². The zero-order valence-corrected chi connectivity index (χ0v) is 10.0. The summed E-state index contributed by atoms with van der Waals surface area (Å²) in [5, 5.41) is 2.77. The Morgan fingerprint density at radius 2 is 2.25 bits per heavy atom. The van der Waals surface area contributed by atoms with Crippen molar-refractivity contribution in [1.29, 1.82) is 0 Å². The summed E-state index contributed by atoms with van der Waals surface area (Å²) in [7, 11) is 0. The van der Waals surface area contributed by atoms with Crippen LogP contribution in [-0.2, 0) is 4.79 Å². The van der Waals surface area contributed by atoms with Gasteiger partial charge in [0.15, 0.2) is 0 Å². The molecule has 2 unspecified atom stereocenters. The van der Waals surface area contributed by atoms with E-state index in [0.717, 1.165) is 12.0 Å². The second kappa shape index (κ2) is 5.61. The number of hydrogen-bond acceptors (Lipinski definition) is 3. The highest BCUT2D eigenvalue weighted by Crippen LogP contribution is 2.10. The predicted octanol–water partition coefficient (Wildman–Crippen LogP) is 1.70.